The van der Waals surface area contributed by atoms with E-state index in [1.54, 1.807) is 0 Å². The molecule has 16 heavy (non-hydrogen) atoms. The van der Waals surface area contributed by atoms with Crippen LogP contribution in [0, 0.1) is 11.8 Å². The van der Waals surface area contributed by atoms with E-state index in [2.05, 4.69) is 16.7 Å². The van der Waals surface area contributed by atoms with Gasteiger partial charge in [-0.3, -0.25) is 9.69 Å². The van der Waals surface area contributed by atoms with Gasteiger partial charge in [-0.15, -0.1) is 24.0 Å². The van der Waals surface area contributed by atoms with Crippen LogP contribution in [0.4, 0.5) is 0 Å². The van der Waals surface area contributed by atoms with E-state index in [1.165, 1.54) is 0 Å². The lowest BCUT2D eigenvalue weighted by atomic mass is 10.4. The maximum atomic E-state index is 11.2. The van der Waals surface area contributed by atoms with Crippen molar-refractivity contribution in [3.05, 3.63) is 0 Å². The van der Waals surface area contributed by atoms with E-state index in [-0.39, 0.29) is 18.3 Å². The van der Waals surface area contributed by atoms with Crippen molar-refractivity contribution < 1.29 is 4.79 Å². The van der Waals surface area contributed by atoms with Crippen molar-refractivity contribution in [3.63, 3.8) is 0 Å². The van der Waals surface area contributed by atoms with Crippen LogP contribution < -0.4 is 0 Å². The van der Waals surface area contributed by atoms with Gasteiger partial charge in [-0.25, -0.2) is 0 Å². The van der Waals surface area contributed by atoms with Crippen LogP contribution in [0.2, 0.25) is 0 Å². The Labute approximate surface area is 109 Å². The Morgan fingerprint density at radius 3 is 2.81 bits per heavy atom. The van der Waals surface area contributed by atoms with Crippen LogP contribution in [-0.4, -0.2) is 54.8 Å². The third-order valence-electron chi connectivity index (χ3n) is 2.38. The molecular weight excluding hydrogens is 247 g/mol. The number of likely N-dealkylation sites (tertiary alicyclic amines) is 1. The van der Waals surface area contributed by atoms with Crippen molar-refractivity contribution in [1.29, 1.82) is 0 Å². The Bertz CT molecular complexity index is 273. The molecule has 0 aliphatic carbocycles. The van der Waals surface area contributed by atoms with Gasteiger partial charge in [0.2, 0.25) is 5.91 Å². The smallest absolute Gasteiger partial charge is 0.223 e. The lowest BCUT2D eigenvalue weighted by molar-refractivity contribution is -0.127. The fourth-order valence-electron chi connectivity index (χ4n) is 1.44. The molecule has 1 heterocycles. The molecule has 0 aromatic heterocycles. The number of hydrogen-bond donors (Lipinski definition) is 0. The summed E-state index contributed by atoms with van der Waals surface area (Å²) in [4.78, 5) is 15.1. The summed E-state index contributed by atoms with van der Waals surface area (Å²) in [6.45, 7) is 3.01. The molecule has 1 saturated heterocycles. The number of rotatable bonds is 4. The SMILES string of the molecule is CN(CC#CCN1CCCC1=O)CCCl.Cl. The Hall–Kier alpha value is -0.430. The third-order valence-corrected chi connectivity index (χ3v) is 2.55. The number of alkyl halides is 1. The van der Waals surface area contributed by atoms with Gasteiger partial charge in [0.15, 0.2) is 0 Å². The molecule has 1 aliphatic heterocycles. The average Bonchev–Trinajstić information content (AvgIpc) is 2.60. The molecule has 0 aromatic rings. The Kier molecular flexibility index (Phi) is 8.46. The van der Waals surface area contributed by atoms with Gasteiger partial charge < -0.3 is 4.90 Å². The van der Waals surface area contributed by atoms with Crippen LogP contribution in [-0.2, 0) is 4.79 Å². The molecule has 5 heteroatoms. The molecule has 0 spiro atoms. The maximum Gasteiger partial charge on any atom is 0.223 e. The predicted molar refractivity (Wildman–Crippen MR) is 69.1 cm³/mol. The second-order valence-electron chi connectivity index (χ2n) is 3.70. The Morgan fingerprint density at radius 2 is 2.25 bits per heavy atom. The van der Waals surface area contributed by atoms with Crippen molar-refractivity contribution in [2.45, 2.75) is 12.8 Å². The Morgan fingerprint density at radius 1 is 1.50 bits per heavy atom. The highest BCUT2D eigenvalue weighted by atomic mass is 35.5. The van der Waals surface area contributed by atoms with Gasteiger partial charge in [-0.1, -0.05) is 11.8 Å². The van der Waals surface area contributed by atoms with E-state index < -0.39 is 0 Å². The predicted octanol–water partition coefficient (Wildman–Crippen LogP) is 1.20. The van der Waals surface area contributed by atoms with Gasteiger partial charge in [-0.2, -0.15) is 0 Å². The molecule has 0 saturated carbocycles. The largest absolute Gasteiger partial charge is 0.332 e. The highest BCUT2D eigenvalue weighted by Gasteiger charge is 2.18. The fraction of sp³-hybridized carbons (Fsp3) is 0.727. The van der Waals surface area contributed by atoms with Gasteiger partial charge in [0.25, 0.3) is 0 Å². The summed E-state index contributed by atoms with van der Waals surface area (Å²) in [6, 6.07) is 0. The summed E-state index contributed by atoms with van der Waals surface area (Å²) in [5.74, 6) is 6.92. The molecule has 1 aliphatic rings. The van der Waals surface area contributed by atoms with E-state index in [0.29, 0.717) is 18.8 Å². The van der Waals surface area contributed by atoms with Gasteiger partial charge in [0.1, 0.15) is 0 Å². The van der Waals surface area contributed by atoms with E-state index in [1.807, 2.05) is 11.9 Å². The first-order chi connectivity index (χ1) is 7.24. The molecular formula is C11H18Cl2N2O. The van der Waals surface area contributed by atoms with Crippen molar-refractivity contribution in [1.82, 2.24) is 9.80 Å². The van der Waals surface area contributed by atoms with Crippen LogP contribution in [0.5, 0.6) is 0 Å². The van der Waals surface area contributed by atoms with E-state index in [9.17, 15) is 4.79 Å². The maximum absolute atomic E-state index is 11.2. The number of carbonyl (C=O) groups excluding carboxylic acids is 1. The number of hydrogen-bond acceptors (Lipinski definition) is 2. The lowest BCUT2D eigenvalue weighted by Crippen LogP contribution is -2.25. The second kappa shape index (κ2) is 8.69. The molecule has 0 N–H and O–H groups in total. The van der Waals surface area contributed by atoms with Crippen LogP contribution in [0.25, 0.3) is 0 Å². The van der Waals surface area contributed by atoms with Crippen LogP contribution in [0.1, 0.15) is 12.8 Å². The topological polar surface area (TPSA) is 23.6 Å². The molecule has 0 aromatic carbocycles. The first-order valence-corrected chi connectivity index (χ1v) is 5.75. The second-order valence-corrected chi connectivity index (χ2v) is 4.08. The van der Waals surface area contributed by atoms with Crippen molar-refractivity contribution >= 4 is 29.9 Å². The van der Waals surface area contributed by atoms with Crippen molar-refractivity contribution in [2.75, 3.05) is 39.1 Å². The zero-order valence-corrected chi connectivity index (χ0v) is 11.1. The molecule has 1 fully saturated rings. The summed E-state index contributed by atoms with van der Waals surface area (Å²) in [6.07, 6.45) is 1.67. The van der Waals surface area contributed by atoms with Gasteiger partial charge in [0, 0.05) is 25.4 Å². The zero-order chi connectivity index (χ0) is 11.1. The van der Waals surface area contributed by atoms with E-state index in [0.717, 1.165) is 26.1 Å². The van der Waals surface area contributed by atoms with Gasteiger partial charge in [0.05, 0.1) is 13.1 Å². The van der Waals surface area contributed by atoms with Crippen LogP contribution in [0.3, 0.4) is 0 Å². The fourth-order valence-corrected chi connectivity index (χ4v) is 1.73. The molecule has 1 rings (SSSR count). The quantitative estimate of drug-likeness (QED) is 0.563. The van der Waals surface area contributed by atoms with E-state index in [4.69, 9.17) is 11.6 Å². The number of nitrogens with zero attached hydrogens (tertiary/aromatic N) is 2. The molecule has 0 bridgehead atoms. The van der Waals surface area contributed by atoms with Gasteiger partial charge in [-0.05, 0) is 13.5 Å². The van der Waals surface area contributed by atoms with Gasteiger partial charge >= 0.3 is 0 Å². The van der Waals surface area contributed by atoms with Crippen LogP contribution >= 0.6 is 24.0 Å². The highest BCUT2D eigenvalue weighted by molar-refractivity contribution is 6.18. The Balaban J connectivity index is 0.00000225. The minimum atomic E-state index is 0. The molecule has 92 valence electrons. The number of carbonyl (C=O) groups is 1. The first kappa shape index (κ1) is 15.6. The molecule has 0 radical (unpaired) electrons. The molecule has 0 atom stereocenters. The highest BCUT2D eigenvalue weighted by Crippen LogP contribution is 2.07. The average molecular weight is 265 g/mol. The van der Waals surface area contributed by atoms with Crippen molar-refractivity contribution in [2.24, 2.45) is 0 Å². The van der Waals surface area contributed by atoms with Crippen LogP contribution in [0.15, 0.2) is 0 Å². The summed E-state index contributed by atoms with van der Waals surface area (Å²) < 4.78 is 0. The normalized spacial score (nSPS) is 14.7. The molecule has 1 amide bonds. The minimum Gasteiger partial charge on any atom is -0.332 e. The third kappa shape index (κ3) is 5.60. The summed E-state index contributed by atoms with van der Waals surface area (Å²) in [7, 11) is 1.98. The van der Waals surface area contributed by atoms with E-state index >= 15 is 0 Å². The summed E-state index contributed by atoms with van der Waals surface area (Å²) in [5, 5.41) is 0. The number of amides is 1. The molecule has 0 unspecified atom stereocenters. The number of halogens is 2. The monoisotopic (exact) mass is 264 g/mol. The van der Waals surface area contributed by atoms with Crippen molar-refractivity contribution in [3.8, 4) is 11.8 Å². The lowest BCUT2D eigenvalue weighted by Gasteiger charge is -2.11. The summed E-state index contributed by atoms with van der Waals surface area (Å²) in [5.41, 5.74) is 0. The zero-order valence-electron chi connectivity index (χ0n) is 9.54. The minimum absolute atomic E-state index is 0. The first-order valence-electron chi connectivity index (χ1n) is 5.22. The summed E-state index contributed by atoms with van der Waals surface area (Å²) >= 11 is 5.59. The standard InChI is InChI=1S/C11H17ClN2O.ClH/c1-13(10-6-12)7-2-3-8-14-9-4-5-11(14)15;/h4-10H2,1H3;1H. The molecule has 3 nitrogen and oxygen atoms in total.